The van der Waals surface area contributed by atoms with Gasteiger partial charge in [0.25, 0.3) is 0 Å². The minimum absolute atomic E-state index is 0.690. The van der Waals surface area contributed by atoms with Gasteiger partial charge in [0, 0.05) is 51.6 Å². The van der Waals surface area contributed by atoms with Gasteiger partial charge in [-0.2, -0.15) is 0 Å². The fourth-order valence-corrected chi connectivity index (χ4v) is 6.37. The number of hydrogen-bond donors (Lipinski definition) is 0. The van der Waals surface area contributed by atoms with Gasteiger partial charge in [-0.05, 0) is 49.6 Å². The first kappa shape index (κ1) is 20.2. The first-order valence-electron chi connectivity index (χ1n) is 11.8. The van der Waals surface area contributed by atoms with Gasteiger partial charge in [0.05, 0.1) is 18.6 Å². The number of fused-ring (bicyclic) bond motifs is 4. The molecule has 3 saturated heterocycles. The molecule has 0 unspecified atom stereocenters. The maximum absolute atomic E-state index is 5.28. The smallest absolute Gasteiger partial charge is 0.0949 e. The van der Waals surface area contributed by atoms with E-state index >= 15 is 0 Å². The SMILES string of the molecule is COCCn1cncc1CN1C[C@H]2C[C@@H](C1)[C@H](Cc1ccccc1)N1CCCC[C@@H]21. The number of aromatic nitrogens is 2. The van der Waals surface area contributed by atoms with Crippen molar-refractivity contribution in [3.8, 4) is 0 Å². The van der Waals surface area contributed by atoms with Crippen LogP contribution in [0.15, 0.2) is 42.9 Å². The van der Waals surface area contributed by atoms with Crippen molar-refractivity contribution in [3.05, 3.63) is 54.1 Å². The Kier molecular flexibility index (Phi) is 6.21. The average Bonchev–Trinajstić information content (AvgIpc) is 3.22. The van der Waals surface area contributed by atoms with Crippen LogP contribution in [0.25, 0.3) is 0 Å². The number of rotatable bonds is 7. The summed E-state index contributed by atoms with van der Waals surface area (Å²) in [5.41, 5.74) is 2.83. The van der Waals surface area contributed by atoms with Gasteiger partial charge < -0.3 is 9.30 Å². The third-order valence-electron chi connectivity index (χ3n) is 7.71. The van der Waals surface area contributed by atoms with Gasteiger partial charge in [0.1, 0.15) is 0 Å². The molecule has 0 spiro atoms. The fraction of sp³-hybridized carbons (Fsp3) is 0.640. The molecule has 3 fully saturated rings. The number of ether oxygens (including phenoxy) is 1. The second kappa shape index (κ2) is 9.21. The van der Waals surface area contributed by atoms with Crippen LogP contribution in [-0.2, 0) is 24.2 Å². The zero-order valence-corrected chi connectivity index (χ0v) is 18.3. The molecule has 2 bridgehead atoms. The van der Waals surface area contributed by atoms with Crippen LogP contribution >= 0.6 is 0 Å². The molecule has 1 aromatic heterocycles. The van der Waals surface area contributed by atoms with Crippen LogP contribution in [0.5, 0.6) is 0 Å². The Bertz CT molecular complexity index is 806. The molecule has 0 radical (unpaired) electrons. The quantitative estimate of drug-likeness (QED) is 0.703. The predicted molar refractivity (Wildman–Crippen MR) is 119 cm³/mol. The van der Waals surface area contributed by atoms with Gasteiger partial charge in [-0.3, -0.25) is 9.80 Å². The van der Waals surface area contributed by atoms with Crippen molar-refractivity contribution in [2.75, 3.05) is 33.4 Å². The first-order chi connectivity index (χ1) is 14.8. The summed E-state index contributed by atoms with van der Waals surface area (Å²) in [6, 6.07) is 12.6. The van der Waals surface area contributed by atoms with Crippen LogP contribution < -0.4 is 0 Å². The van der Waals surface area contributed by atoms with E-state index in [1.807, 2.05) is 6.33 Å². The molecule has 0 amide bonds. The van der Waals surface area contributed by atoms with Crippen molar-refractivity contribution in [1.82, 2.24) is 19.4 Å². The van der Waals surface area contributed by atoms with E-state index in [9.17, 15) is 0 Å². The van der Waals surface area contributed by atoms with Crippen molar-refractivity contribution in [1.29, 1.82) is 0 Å². The molecule has 4 heterocycles. The lowest BCUT2D eigenvalue weighted by Gasteiger charge is -2.57. The second-order valence-electron chi connectivity index (χ2n) is 9.58. The molecule has 4 atom stereocenters. The summed E-state index contributed by atoms with van der Waals surface area (Å²) in [6.45, 7) is 6.41. The van der Waals surface area contributed by atoms with E-state index in [1.165, 1.54) is 63.0 Å². The minimum Gasteiger partial charge on any atom is -0.383 e. The Morgan fingerprint density at radius 1 is 1.10 bits per heavy atom. The minimum atomic E-state index is 0.690. The molecule has 3 aliphatic rings. The van der Waals surface area contributed by atoms with Crippen molar-refractivity contribution < 1.29 is 4.74 Å². The summed E-state index contributed by atoms with van der Waals surface area (Å²) in [5.74, 6) is 1.60. The maximum Gasteiger partial charge on any atom is 0.0949 e. The Morgan fingerprint density at radius 3 is 2.83 bits per heavy atom. The van der Waals surface area contributed by atoms with Gasteiger partial charge in [0.2, 0.25) is 0 Å². The van der Waals surface area contributed by atoms with E-state index in [4.69, 9.17) is 4.74 Å². The third-order valence-corrected chi connectivity index (χ3v) is 7.71. The van der Waals surface area contributed by atoms with Crippen molar-refractivity contribution in [3.63, 3.8) is 0 Å². The molecule has 2 aromatic rings. The van der Waals surface area contributed by atoms with Gasteiger partial charge in [-0.1, -0.05) is 36.8 Å². The van der Waals surface area contributed by atoms with Crippen molar-refractivity contribution in [2.45, 2.75) is 57.3 Å². The number of methoxy groups -OCH3 is 1. The molecule has 5 heteroatoms. The number of imidazole rings is 1. The van der Waals surface area contributed by atoms with Gasteiger partial charge in [0.15, 0.2) is 0 Å². The van der Waals surface area contributed by atoms with Gasteiger partial charge >= 0.3 is 0 Å². The number of piperidine rings is 3. The monoisotopic (exact) mass is 408 g/mol. The lowest BCUT2D eigenvalue weighted by Crippen LogP contribution is -2.63. The molecule has 1 aromatic carbocycles. The summed E-state index contributed by atoms with van der Waals surface area (Å²) in [4.78, 5) is 10.1. The molecular formula is C25H36N4O. The Labute approximate surface area is 181 Å². The summed E-state index contributed by atoms with van der Waals surface area (Å²) in [6.07, 6.45) is 10.8. The predicted octanol–water partition coefficient (Wildman–Crippen LogP) is 3.45. The van der Waals surface area contributed by atoms with Crippen LogP contribution in [-0.4, -0.2) is 64.8 Å². The average molecular weight is 409 g/mol. The molecule has 5 nitrogen and oxygen atoms in total. The largest absolute Gasteiger partial charge is 0.383 e. The topological polar surface area (TPSA) is 33.5 Å². The number of likely N-dealkylation sites (tertiary alicyclic amines) is 1. The Hall–Kier alpha value is -1.69. The number of benzene rings is 1. The standard InChI is InChI=1S/C25H36N4O/c1-30-12-11-28-19-26-15-23(28)18-27-16-21-14-22(17-27)25(13-20-7-3-2-4-8-20)29-10-6-5-9-24(21)29/h2-4,7-8,15,19,21-22,24-25H,5-6,9-14,16-18H2,1H3/t21-,22+,24+,25+/m1/s1. The molecule has 3 aliphatic heterocycles. The lowest BCUT2D eigenvalue weighted by atomic mass is 9.71. The maximum atomic E-state index is 5.28. The highest BCUT2D eigenvalue weighted by Gasteiger charge is 2.46. The second-order valence-corrected chi connectivity index (χ2v) is 9.58. The van der Waals surface area contributed by atoms with E-state index in [0.29, 0.717) is 6.04 Å². The highest BCUT2D eigenvalue weighted by Crippen LogP contribution is 2.42. The Balaban J connectivity index is 1.33. The Morgan fingerprint density at radius 2 is 1.97 bits per heavy atom. The summed E-state index contributed by atoms with van der Waals surface area (Å²) < 4.78 is 7.55. The number of hydrogen-bond acceptors (Lipinski definition) is 4. The third kappa shape index (κ3) is 4.20. The molecule has 0 aliphatic carbocycles. The van der Waals surface area contributed by atoms with Crippen LogP contribution in [0, 0.1) is 11.8 Å². The van der Waals surface area contributed by atoms with Gasteiger partial charge in [-0.15, -0.1) is 0 Å². The summed E-state index contributed by atoms with van der Waals surface area (Å²) in [5, 5.41) is 0. The normalized spacial score (nSPS) is 29.6. The highest BCUT2D eigenvalue weighted by molar-refractivity contribution is 5.17. The van der Waals surface area contributed by atoms with Crippen LogP contribution in [0.3, 0.4) is 0 Å². The van der Waals surface area contributed by atoms with Crippen LogP contribution in [0.4, 0.5) is 0 Å². The molecule has 30 heavy (non-hydrogen) atoms. The van der Waals surface area contributed by atoms with E-state index in [-0.39, 0.29) is 0 Å². The highest BCUT2D eigenvalue weighted by atomic mass is 16.5. The number of nitrogens with zero attached hydrogens (tertiary/aromatic N) is 4. The van der Waals surface area contributed by atoms with Gasteiger partial charge in [-0.25, -0.2) is 4.98 Å². The fourth-order valence-electron chi connectivity index (χ4n) is 6.37. The molecule has 0 saturated carbocycles. The zero-order chi connectivity index (χ0) is 20.3. The van der Waals surface area contributed by atoms with Crippen molar-refractivity contribution in [2.24, 2.45) is 11.8 Å². The lowest BCUT2D eigenvalue weighted by molar-refractivity contribution is -0.0733. The van der Waals surface area contributed by atoms with E-state index < -0.39 is 0 Å². The van der Waals surface area contributed by atoms with Crippen molar-refractivity contribution >= 4 is 0 Å². The molecule has 162 valence electrons. The molecule has 5 rings (SSSR count). The summed E-state index contributed by atoms with van der Waals surface area (Å²) >= 11 is 0. The van der Waals surface area contributed by atoms with Crippen LogP contribution in [0.1, 0.15) is 36.9 Å². The molecule has 0 N–H and O–H groups in total. The zero-order valence-electron chi connectivity index (χ0n) is 18.3. The van der Waals surface area contributed by atoms with E-state index in [1.54, 1.807) is 7.11 Å². The van der Waals surface area contributed by atoms with Crippen LogP contribution in [0.2, 0.25) is 0 Å². The van der Waals surface area contributed by atoms with E-state index in [2.05, 4.69) is 55.9 Å². The summed E-state index contributed by atoms with van der Waals surface area (Å²) in [7, 11) is 1.77. The first-order valence-corrected chi connectivity index (χ1v) is 11.8. The van der Waals surface area contributed by atoms with E-state index in [0.717, 1.165) is 37.6 Å². The molecular weight excluding hydrogens is 372 g/mol.